The Morgan fingerprint density at radius 3 is 2.65 bits per heavy atom. The van der Waals surface area contributed by atoms with Gasteiger partial charge in [0, 0.05) is 38.6 Å². The van der Waals surface area contributed by atoms with Gasteiger partial charge in [0.25, 0.3) is 0 Å². The maximum Gasteiger partial charge on any atom is 0.123 e. The van der Waals surface area contributed by atoms with Crippen LogP contribution < -0.4 is 11.2 Å². The van der Waals surface area contributed by atoms with Gasteiger partial charge in [-0.3, -0.25) is 0 Å². The first-order chi connectivity index (χ1) is 9.67. The van der Waals surface area contributed by atoms with E-state index in [-0.39, 0.29) is 6.04 Å². The molecule has 112 valence electrons. The fraction of sp³-hybridized carbons (Fsp3) is 0.733. The topological polar surface area (TPSA) is 57.7 Å². The predicted octanol–water partition coefficient (Wildman–Crippen LogP) is 1.15. The van der Waals surface area contributed by atoms with Gasteiger partial charge in [-0.15, -0.1) is 0 Å². The van der Waals surface area contributed by atoms with Gasteiger partial charge in [-0.05, 0) is 31.5 Å². The van der Waals surface area contributed by atoms with Crippen LogP contribution in [0.25, 0.3) is 0 Å². The Kier molecular flexibility index (Phi) is 4.12. The first-order valence-corrected chi connectivity index (χ1v) is 7.66. The van der Waals surface area contributed by atoms with E-state index < -0.39 is 0 Å². The Morgan fingerprint density at radius 2 is 2.05 bits per heavy atom. The molecule has 1 aliphatic heterocycles. The minimum absolute atomic E-state index is 0.0845. The predicted molar refractivity (Wildman–Crippen MR) is 79.2 cm³/mol. The quantitative estimate of drug-likeness (QED) is 0.846. The van der Waals surface area contributed by atoms with Crippen LogP contribution in [0.2, 0.25) is 0 Å². The molecule has 3 unspecified atom stereocenters. The van der Waals surface area contributed by atoms with Crippen LogP contribution in [-0.4, -0.2) is 49.7 Å². The highest BCUT2D eigenvalue weighted by molar-refractivity contribution is 5.19. The third-order valence-corrected chi connectivity index (χ3v) is 4.54. The van der Waals surface area contributed by atoms with Crippen molar-refractivity contribution < 1.29 is 4.42 Å². The van der Waals surface area contributed by atoms with Crippen LogP contribution in [-0.2, 0) is 0 Å². The van der Waals surface area contributed by atoms with Gasteiger partial charge < -0.3 is 15.1 Å². The molecular formula is C15H26N4O. The molecule has 5 nitrogen and oxygen atoms in total. The number of hydrogen-bond acceptors (Lipinski definition) is 5. The molecule has 1 aromatic rings. The Morgan fingerprint density at radius 1 is 1.35 bits per heavy atom. The summed E-state index contributed by atoms with van der Waals surface area (Å²) in [6.07, 6.45) is 1.26. The summed E-state index contributed by atoms with van der Waals surface area (Å²) >= 11 is 0. The zero-order valence-electron chi connectivity index (χ0n) is 12.5. The van der Waals surface area contributed by atoms with Crippen molar-refractivity contribution in [3.63, 3.8) is 0 Å². The van der Waals surface area contributed by atoms with Gasteiger partial charge in [0.2, 0.25) is 0 Å². The largest absolute Gasteiger partial charge is 0.464 e. The Bertz CT molecular complexity index is 439. The van der Waals surface area contributed by atoms with Gasteiger partial charge in [-0.1, -0.05) is 6.92 Å². The molecule has 1 aromatic heterocycles. The van der Waals surface area contributed by atoms with Crippen LogP contribution in [0.4, 0.5) is 0 Å². The smallest absolute Gasteiger partial charge is 0.123 e. The lowest BCUT2D eigenvalue weighted by molar-refractivity contribution is 0.0833. The maximum absolute atomic E-state index is 6.01. The minimum atomic E-state index is 0.0845. The summed E-state index contributed by atoms with van der Waals surface area (Å²) in [6.45, 7) is 7.07. The Hall–Kier alpha value is -0.880. The fourth-order valence-corrected chi connectivity index (χ4v) is 2.86. The number of hydrazine groups is 1. The van der Waals surface area contributed by atoms with Gasteiger partial charge in [0.15, 0.2) is 0 Å². The van der Waals surface area contributed by atoms with Crippen LogP contribution in [0.5, 0.6) is 0 Å². The zero-order chi connectivity index (χ0) is 14.1. The molecule has 0 spiro atoms. The van der Waals surface area contributed by atoms with Crippen molar-refractivity contribution in [2.75, 3.05) is 39.8 Å². The lowest BCUT2D eigenvalue weighted by Gasteiger charge is -2.34. The zero-order valence-corrected chi connectivity index (χ0v) is 12.5. The normalized spacial score (nSPS) is 29.6. The third-order valence-electron chi connectivity index (χ3n) is 4.54. The molecule has 2 fully saturated rings. The van der Waals surface area contributed by atoms with Crippen molar-refractivity contribution in [2.24, 2.45) is 11.7 Å². The van der Waals surface area contributed by atoms with Crippen molar-refractivity contribution in [1.29, 1.82) is 0 Å². The van der Waals surface area contributed by atoms with Crippen molar-refractivity contribution >= 4 is 0 Å². The molecule has 1 saturated heterocycles. The van der Waals surface area contributed by atoms with Crippen LogP contribution in [0.1, 0.15) is 36.8 Å². The van der Waals surface area contributed by atoms with Crippen molar-refractivity contribution in [3.8, 4) is 0 Å². The van der Waals surface area contributed by atoms with Gasteiger partial charge in [0.1, 0.15) is 11.5 Å². The molecule has 20 heavy (non-hydrogen) atoms. The first-order valence-electron chi connectivity index (χ1n) is 7.66. The maximum atomic E-state index is 6.01. The van der Waals surface area contributed by atoms with Gasteiger partial charge in [0.05, 0.1) is 6.04 Å². The number of nitrogens with two attached hydrogens (primary N) is 1. The molecule has 0 bridgehead atoms. The second-order valence-corrected chi connectivity index (χ2v) is 6.27. The lowest BCUT2D eigenvalue weighted by Crippen LogP contribution is -2.52. The highest BCUT2D eigenvalue weighted by Crippen LogP contribution is 2.47. The highest BCUT2D eigenvalue weighted by Gasteiger charge is 2.37. The number of nitrogens with one attached hydrogen (secondary N) is 1. The SMILES string of the molecule is CC1CC1c1ccc(C(CN)NN2CCN(C)CC2)o1. The second kappa shape index (κ2) is 5.85. The standard InChI is InChI=1S/C15H26N4O/c1-11-9-12(11)14-3-4-15(20-14)13(10-16)17-19-7-5-18(2)6-8-19/h3-4,11-13,17H,5-10,16H2,1-2H3. The second-order valence-electron chi connectivity index (χ2n) is 6.27. The van der Waals surface area contributed by atoms with E-state index in [4.69, 9.17) is 10.2 Å². The average Bonchev–Trinajstić information content (AvgIpc) is 3.00. The molecule has 2 aliphatic rings. The molecule has 3 N–H and O–H groups in total. The molecule has 1 saturated carbocycles. The van der Waals surface area contributed by atoms with Gasteiger partial charge in [-0.25, -0.2) is 10.4 Å². The van der Waals surface area contributed by atoms with Crippen LogP contribution in [0.15, 0.2) is 16.5 Å². The minimum Gasteiger partial charge on any atom is -0.464 e. The van der Waals surface area contributed by atoms with Crippen molar-refractivity contribution in [3.05, 3.63) is 23.7 Å². The molecule has 0 radical (unpaired) electrons. The van der Waals surface area contributed by atoms with E-state index in [0.717, 1.165) is 43.6 Å². The van der Waals surface area contributed by atoms with Crippen LogP contribution >= 0.6 is 0 Å². The molecule has 0 amide bonds. The summed E-state index contributed by atoms with van der Waals surface area (Å²) in [5.41, 5.74) is 9.43. The Balaban J connectivity index is 1.59. The van der Waals surface area contributed by atoms with Crippen LogP contribution in [0.3, 0.4) is 0 Å². The lowest BCUT2D eigenvalue weighted by atomic mass is 10.2. The summed E-state index contributed by atoms with van der Waals surface area (Å²) in [7, 11) is 2.16. The molecule has 3 rings (SSSR count). The van der Waals surface area contributed by atoms with E-state index in [1.807, 2.05) is 0 Å². The number of furan rings is 1. The molecule has 0 aromatic carbocycles. The van der Waals surface area contributed by atoms with Crippen molar-refractivity contribution in [2.45, 2.75) is 25.3 Å². The molecule has 5 heteroatoms. The Labute approximate surface area is 121 Å². The first kappa shape index (κ1) is 14.1. The monoisotopic (exact) mass is 278 g/mol. The summed E-state index contributed by atoms with van der Waals surface area (Å²) < 4.78 is 6.01. The van der Waals surface area contributed by atoms with E-state index in [0.29, 0.717) is 12.5 Å². The number of hydrogen-bond donors (Lipinski definition) is 2. The van der Waals surface area contributed by atoms with Gasteiger partial charge in [-0.2, -0.15) is 0 Å². The summed E-state index contributed by atoms with van der Waals surface area (Å²) in [6, 6.07) is 4.29. The number of nitrogens with zero attached hydrogens (tertiary/aromatic N) is 2. The summed E-state index contributed by atoms with van der Waals surface area (Å²) in [4.78, 5) is 2.34. The number of piperazine rings is 1. The summed E-state index contributed by atoms with van der Waals surface area (Å²) in [5, 5.41) is 2.26. The highest BCUT2D eigenvalue weighted by atomic mass is 16.3. The summed E-state index contributed by atoms with van der Waals surface area (Å²) in [5.74, 6) is 3.51. The molecule has 2 heterocycles. The van der Waals surface area contributed by atoms with Crippen LogP contribution in [0, 0.1) is 5.92 Å². The van der Waals surface area contributed by atoms with E-state index in [2.05, 4.69) is 41.4 Å². The molecule has 1 aliphatic carbocycles. The molecule has 3 atom stereocenters. The number of rotatable bonds is 5. The third kappa shape index (κ3) is 3.06. The number of likely N-dealkylation sites (N-methyl/N-ethyl adjacent to an activating group) is 1. The average molecular weight is 278 g/mol. The van der Waals surface area contributed by atoms with E-state index in [9.17, 15) is 0 Å². The van der Waals surface area contributed by atoms with Crippen molar-refractivity contribution in [1.82, 2.24) is 15.3 Å². The van der Waals surface area contributed by atoms with E-state index >= 15 is 0 Å². The van der Waals surface area contributed by atoms with E-state index in [1.165, 1.54) is 6.42 Å². The van der Waals surface area contributed by atoms with E-state index in [1.54, 1.807) is 0 Å². The molecular weight excluding hydrogens is 252 g/mol. The fourth-order valence-electron chi connectivity index (χ4n) is 2.86. The van der Waals surface area contributed by atoms with Gasteiger partial charge >= 0.3 is 0 Å².